The molecule has 3 heteroatoms. The molecule has 1 aromatic rings. The van der Waals surface area contributed by atoms with Crippen molar-refractivity contribution in [3.8, 4) is 11.8 Å². The van der Waals surface area contributed by atoms with Crippen molar-refractivity contribution in [2.24, 2.45) is 0 Å². The Morgan fingerprint density at radius 3 is 2.75 bits per heavy atom. The average Bonchev–Trinajstić information content (AvgIpc) is 1.99. The van der Waals surface area contributed by atoms with Crippen molar-refractivity contribution in [1.82, 2.24) is 0 Å². The molecule has 0 aromatic heterocycles. The second-order valence-corrected chi connectivity index (χ2v) is 2.48. The van der Waals surface area contributed by atoms with E-state index in [1.807, 2.05) is 0 Å². The van der Waals surface area contributed by atoms with E-state index < -0.39 is 5.82 Å². The smallest absolute Gasteiger partial charge is 0.193 e. The van der Waals surface area contributed by atoms with Crippen LogP contribution < -0.4 is 0 Å². The van der Waals surface area contributed by atoms with Crippen molar-refractivity contribution in [3.05, 3.63) is 34.6 Å². The van der Waals surface area contributed by atoms with Crippen molar-refractivity contribution >= 4 is 17.9 Å². The fraction of sp³-hybridized carbons (Fsp3) is 0. The summed E-state index contributed by atoms with van der Waals surface area (Å²) in [4.78, 5) is 9.85. The first-order chi connectivity index (χ1) is 5.72. The molecule has 0 atom stereocenters. The molecule has 0 amide bonds. The van der Waals surface area contributed by atoms with Crippen LogP contribution in [0.5, 0.6) is 0 Å². The van der Waals surface area contributed by atoms with Crippen LogP contribution in [0.2, 0.25) is 5.02 Å². The number of carbonyl (C=O) groups excluding carboxylic acids is 1. The zero-order chi connectivity index (χ0) is 8.97. The molecule has 0 saturated carbocycles. The van der Waals surface area contributed by atoms with E-state index in [2.05, 4.69) is 11.8 Å². The average molecular weight is 183 g/mol. The number of aldehydes is 1. The van der Waals surface area contributed by atoms with Crippen molar-refractivity contribution in [2.75, 3.05) is 0 Å². The molecular weight excluding hydrogens is 179 g/mol. The van der Waals surface area contributed by atoms with Crippen LogP contribution >= 0.6 is 11.6 Å². The van der Waals surface area contributed by atoms with Crippen LogP contribution in [0.4, 0.5) is 4.39 Å². The van der Waals surface area contributed by atoms with E-state index in [4.69, 9.17) is 11.6 Å². The van der Waals surface area contributed by atoms with Gasteiger partial charge in [-0.3, -0.25) is 4.79 Å². The van der Waals surface area contributed by atoms with Crippen molar-refractivity contribution < 1.29 is 9.18 Å². The maximum absolute atomic E-state index is 12.6. The van der Waals surface area contributed by atoms with Gasteiger partial charge in [-0.15, -0.1) is 0 Å². The molecule has 1 aromatic carbocycles. The molecular formula is C9H4ClFO. The number of halogens is 2. The number of hydrogen-bond acceptors (Lipinski definition) is 1. The van der Waals surface area contributed by atoms with Crippen molar-refractivity contribution in [2.45, 2.75) is 0 Å². The van der Waals surface area contributed by atoms with Gasteiger partial charge in [0.2, 0.25) is 0 Å². The van der Waals surface area contributed by atoms with Gasteiger partial charge < -0.3 is 0 Å². The Hall–Kier alpha value is -1.33. The third-order valence-corrected chi connectivity index (χ3v) is 1.36. The Morgan fingerprint density at radius 1 is 1.42 bits per heavy atom. The maximum Gasteiger partial charge on any atom is 0.193 e. The SMILES string of the molecule is O=CC#Cc1cc(F)cc(Cl)c1. The number of benzene rings is 1. The third kappa shape index (κ3) is 2.37. The summed E-state index contributed by atoms with van der Waals surface area (Å²) in [5.41, 5.74) is 0.395. The van der Waals surface area contributed by atoms with Crippen LogP contribution in [0.15, 0.2) is 18.2 Å². The summed E-state index contributed by atoms with van der Waals surface area (Å²) in [6.45, 7) is 0. The molecule has 0 radical (unpaired) electrons. The zero-order valence-corrected chi connectivity index (χ0v) is 6.73. The summed E-state index contributed by atoms with van der Waals surface area (Å²) in [6, 6.07) is 3.87. The first-order valence-electron chi connectivity index (χ1n) is 3.13. The lowest BCUT2D eigenvalue weighted by Gasteiger charge is -1.92. The highest BCUT2D eigenvalue weighted by Gasteiger charge is 1.95. The Balaban J connectivity index is 3.08. The minimum absolute atomic E-state index is 0.269. The summed E-state index contributed by atoms with van der Waals surface area (Å²) in [5.74, 6) is 4.14. The quantitative estimate of drug-likeness (QED) is 0.443. The number of rotatable bonds is 0. The number of carbonyl (C=O) groups is 1. The lowest BCUT2D eigenvalue weighted by Crippen LogP contribution is -1.79. The molecule has 1 rings (SSSR count). The van der Waals surface area contributed by atoms with Crippen molar-refractivity contribution in [1.29, 1.82) is 0 Å². The minimum Gasteiger partial charge on any atom is -0.289 e. The highest BCUT2D eigenvalue weighted by atomic mass is 35.5. The Kier molecular flexibility index (Phi) is 2.84. The molecule has 0 unspecified atom stereocenters. The molecule has 0 saturated heterocycles. The molecule has 0 N–H and O–H groups in total. The lowest BCUT2D eigenvalue weighted by molar-refractivity contribution is -0.103. The zero-order valence-electron chi connectivity index (χ0n) is 5.97. The summed E-state index contributed by atoms with van der Waals surface area (Å²) >= 11 is 5.53. The first-order valence-corrected chi connectivity index (χ1v) is 3.51. The molecule has 0 heterocycles. The van der Waals surface area contributed by atoms with Gasteiger partial charge >= 0.3 is 0 Å². The summed E-state index contributed by atoms with van der Waals surface area (Å²) in [7, 11) is 0. The number of hydrogen-bond donors (Lipinski definition) is 0. The van der Waals surface area contributed by atoms with E-state index in [1.165, 1.54) is 18.2 Å². The van der Waals surface area contributed by atoms with Gasteiger partial charge in [0, 0.05) is 10.6 Å². The highest BCUT2D eigenvalue weighted by molar-refractivity contribution is 6.30. The summed E-state index contributed by atoms with van der Waals surface area (Å²) in [5, 5.41) is 0.269. The molecule has 60 valence electrons. The second kappa shape index (κ2) is 3.89. The topological polar surface area (TPSA) is 17.1 Å². The lowest BCUT2D eigenvalue weighted by atomic mass is 10.2. The minimum atomic E-state index is -0.460. The van der Waals surface area contributed by atoms with E-state index in [-0.39, 0.29) is 5.02 Å². The standard InChI is InChI=1S/C9H4ClFO/c10-8-4-7(2-1-3-12)5-9(11)6-8/h3-6H. The monoisotopic (exact) mass is 182 g/mol. The molecule has 12 heavy (non-hydrogen) atoms. The van der Waals surface area contributed by atoms with Crippen LogP contribution in [0.25, 0.3) is 0 Å². The maximum atomic E-state index is 12.6. The largest absolute Gasteiger partial charge is 0.289 e. The van der Waals surface area contributed by atoms with Gasteiger partial charge in [-0.25, -0.2) is 4.39 Å². The summed E-state index contributed by atoms with van der Waals surface area (Å²) < 4.78 is 12.6. The normalized spacial score (nSPS) is 8.50. The third-order valence-electron chi connectivity index (χ3n) is 1.14. The van der Waals surface area contributed by atoms with E-state index in [0.29, 0.717) is 11.8 Å². The highest BCUT2D eigenvalue weighted by Crippen LogP contribution is 2.12. The van der Waals surface area contributed by atoms with Crippen LogP contribution in [0, 0.1) is 17.7 Å². The predicted molar refractivity (Wildman–Crippen MR) is 44.4 cm³/mol. The van der Waals surface area contributed by atoms with Gasteiger partial charge in [0.15, 0.2) is 6.29 Å². The molecule has 1 nitrogen and oxygen atoms in total. The van der Waals surface area contributed by atoms with Crippen LogP contribution in [0.3, 0.4) is 0 Å². The van der Waals surface area contributed by atoms with Gasteiger partial charge in [-0.1, -0.05) is 17.5 Å². The fourth-order valence-corrected chi connectivity index (χ4v) is 0.961. The van der Waals surface area contributed by atoms with Crippen LogP contribution in [0.1, 0.15) is 5.56 Å². The van der Waals surface area contributed by atoms with E-state index >= 15 is 0 Å². The summed E-state index contributed by atoms with van der Waals surface area (Å²) in [6.07, 6.45) is 0.443. The van der Waals surface area contributed by atoms with E-state index in [9.17, 15) is 9.18 Å². The molecule has 0 bridgehead atoms. The van der Waals surface area contributed by atoms with Gasteiger partial charge in [0.05, 0.1) is 0 Å². The Bertz CT molecular complexity index is 342. The van der Waals surface area contributed by atoms with Gasteiger partial charge in [-0.2, -0.15) is 0 Å². The Morgan fingerprint density at radius 2 is 2.17 bits per heavy atom. The van der Waals surface area contributed by atoms with Gasteiger partial charge in [-0.05, 0) is 24.1 Å². The first kappa shape index (κ1) is 8.76. The molecule has 0 aliphatic rings. The molecule has 0 aliphatic heterocycles. The van der Waals surface area contributed by atoms with Crippen molar-refractivity contribution in [3.63, 3.8) is 0 Å². The fourth-order valence-electron chi connectivity index (χ4n) is 0.739. The predicted octanol–water partition coefficient (Wildman–Crippen LogP) is 2.03. The Labute approximate surface area is 74.2 Å². The second-order valence-electron chi connectivity index (χ2n) is 2.05. The van der Waals surface area contributed by atoms with Crippen LogP contribution in [-0.4, -0.2) is 6.29 Å². The van der Waals surface area contributed by atoms with E-state index in [1.54, 1.807) is 0 Å². The molecule has 0 aliphatic carbocycles. The van der Waals surface area contributed by atoms with Crippen LogP contribution in [-0.2, 0) is 4.79 Å². The van der Waals surface area contributed by atoms with Gasteiger partial charge in [0.25, 0.3) is 0 Å². The van der Waals surface area contributed by atoms with Gasteiger partial charge in [0.1, 0.15) is 5.82 Å². The molecule has 0 fully saturated rings. The molecule has 0 spiro atoms. The van der Waals surface area contributed by atoms with E-state index in [0.717, 1.165) is 0 Å².